The molecular formula is C22H22ClN5O. The van der Waals surface area contributed by atoms with Crippen LogP contribution in [0, 0.1) is 0 Å². The highest BCUT2D eigenvalue weighted by Gasteiger charge is 2.19. The van der Waals surface area contributed by atoms with E-state index in [4.69, 9.17) is 16.1 Å². The fraction of sp³-hybridized carbons (Fsp3) is 0.318. The van der Waals surface area contributed by atoms with Gasteiger partial charge in [-0.15, -0.1) is 0 Å². The molecule has 4 aromatic rings. The number of aryl methyl sites for hydroxylation is 1. The maximum atomic E-state index is 6.50. The van der Waals surface area contributed by atoms with Crippen LogP contribution in [0.15, 0.2) is 47.2 Å². The first kappa shape index (κ1) is 18.2. The Hall–Kier alpha value is -2.86. The Morgan fingerprint density at radius 1 is 1.17 bits per heavy atom. The van der Waals surface area contributed by atoms with Gasteiger partial charge in [0.1, 0.15) is 5.82 Å². The molecule has 1 saturated heterocycles. The van der Waals surface area contributed by atoms with Crippen molar-refractivity contribution in [1.82, 2.24) is 19.7 Å². The lowest BCUT2D eigenvalue weighted by Crippen LogP contribution is -2.19. The number of rotatable bonds is 5. The fourth-order valence-electron chi connectivity index (χ4n) is 4.01. The van der Waals surface area contributed by atoms with E-state index in [9.17, 15) is 0 Å². The van der Waals surface area contributed by atoms with E-state index in [1.54, 1.807) is 6.20 Å². The van der Waals surface area contributed by atoms with Crippen molar-refractivity contribution in [2.24, 2.45) is 0 Å². The third-order valence-corrected chi connectivity index (χ3v) is 5.70. The van der Waals surface area contributed by atoms with Crippen LogP contribution in [-0.4, -0.2) is 32.8 Å². The summed E-state index contributed by atoms with van der Waals surface area (Å²) in [6, 6.07) is 10.1. The molecule has 0 N–H and O–H groups in total. The van der Waals surface area contributed by atoms with Crippen molar-refractivity contribution in [2.75, 3.05) is 18.0 Å². The molecule has 0 spiro atoms. The van der Waals surface area contributed by atoms with Crippen molar-refractivity contribution in [3.8, 4) is 22.8 Å². The Labute approximate surface area is 174 Å². The van der Waals surface area contributed by atoms with Gasteiger partial charge < -0.3 is 14.0 Å². The van der Waals surface area contributed by atoms with Gasteiger partial charge >= 0.3 is 0 Å². The summed E-state index contributed by atoms with van der Waals surface area (Å²) >= 11 is 6.50. The highest BCUT2D eigenvalue weighted by Crippen LogP contribution is 2.32. The minimum atomic E-state index is 0.423. The van der Waals surface area contributed by atoms with Gasteiger partial charge in [-0.05, 0) is 37.5 Å². The van der Waals surface area contributed by atoms with E-state index in [0.717, 1.165) is 48.4 Å². The molecular weight excluding hydrogens is 386 g/mol. The topological polar surface area (TPSA) is 60.0 Å². The normalized spacial score (nSPS) is 14.2. The molecule has 5 rings (SSSR count). The summed E-state index contributed by atoms with van der Waals surface area (Å²) in [4.78, 5) is 11.4. The Balaban J connectivity index is 1.48. The van der Waals surface area contributed by atoms with E-state index in [0.29, 0.717) is 16.7 Å². The molecule has 1 fully saturated rings. The van der Waals surface area contributed by atoms with Gasteiger partial charge in [0.25, 0.3) is 5.89 Å². The molecule has 0 bridgehead atoms. The van der Waals surface area contributed by atoms with Crippen molar-refractivity contribution < 1.29 is 4.52 Å². The number of halogens is 1. The Bertz CT molecular complexity index is 1160. The zero-order chi connectivity index (χ0) is 19.8. The minimum Gasteiger partial charge on any atom is -0.355 e. The molecule has 4 heterocycles. The summed E-state index contributed by atoms with van der Waals surface area (Å²) in [6.07, 6.45) is 7.31. The van der Waals surface area contributed by atoms with Crippen LogP contribution in [0.1, 0.15) is 26.2 Å². The van der Waals surface area contributed by atoms with E-state index in [2.05, 4.69) is 49.8 Å². The monoisotopic (exact) mass is 407 g/mol. The zero-order valence-electron chi connectivity index (χ0n) is 16.3. The van der Waals surface area contributed by atoms with Crippen LogP contribution in [0.4, 0.5) is 5.82 Å². The standard InChI is InChI=1S/C22H22ClN5O/c1-2-9-27-12-8-16-17(6-5-7-19(16)27)20-25-22(29-26-20)15-13-18(23)21(24-14-15)28-10-3-4-11-28/h5-8,12-14H,2-4,9-11H2,1H3. The second kappa shape index (κ2) is 7.52. The quantitative estimate of drug-likeness (QED) is 0.442. The first-order chi connectivity index (χ1) is 14.2. The van der Waals surface area contributed by atoms with Gasteiger partial charge in [0, 0.05) is 48.5 Å². The number of hydrogen-bond donors (Lipinski definition) is 0. The third-order valence-electron chi connectivity index (χ3n) is 5.42. The first-order valence-corrected chi connectivity index (χ1v) is 10.4. The molecule has 3 aromatic heterocycles. The maximum Gasteiger partial charge on any atom is 0.259 e. The van der Waals surface area contributed by atoms with Gasteiger partial charge in [-0.3, -0.25) is 0 Å². The molecule has 29 heavy (non-hydrogen) atoms. The Morgan fingerprint density at radius 3 is 2.83 bits per heavy atom. The summed E-state index contributed by atoms with van der Waals surface area (Å²) in [6.45, 7) is 5.16. The van der Waals surface area contributed by atoms with Crippen LogP contribution in [0.5, 0.6) is 0 Å². The minimum absolute atomic E-state index is 0.423. The largest absolute Gasteiger partial charge is 0.355 e. The lowest BCUT2D eigenvalue weighted by molar-refractivity contribution is 0.432. The van der Waals surface area contributed by atoms with Crippen LogP contribution in [0.25, 0.3) is 33.7 Å². The SMILES string of the molecule is CCCn1ccc2c(-c3noc(-c4cnc(N5CCCC5)c(Cl)c4)n3)cccc21. The molecule has 1 aliphatic heterocycles. The molecule has 1 aliphatic rings. The summed E-state index contributed by atoms with van der Waals surface area (Å²) in [5.74, 6) is 1.82. The highest BCUT2D eigenvalue weighted by atomic mass is 35.5. The maximum absolute atomic E-state index is 6.50. The van der Waals surface area contributed by atoms with Crippen LogP contribution in [0.3, 0.4) is 0 Å². The van der Waals surface area contributed by atoms with Gasteiger partial charge in [0.15, 0.2) is 0 Å². The average Bonchev–Trinajstić information content (AvgIpc) is 3.49. The molecule has 0 unspecified atom stereocenters. The highest BCUT2D eigenvalue weighted by molar-refractivity contribution is 6.33. The molecule has 0 aliphatic carbocycles. The van der Waals surface area contributed by atoms with Crippen LogP contribution < -0.4 is 4.90 Å². The van der Waals surface area contributed by atoms with Gasteiger partial charge in [-0.1, -0.05) is 35.8 Å². The average molecular weight is 408 g/mol. The second-order valence-corrected chi connectivity index (χ2v) is 7.80. The van der Waals surface area contributed by atoms with Crippen molar-refractivity contribution in [3.63, 3.8) is 0 Å². The van der Waals surface area contributed by atoms with E-state index < -0.39 is 0 Å². The van der Waals surface area contributed by atoms with Crippen LogP contribution in [0.2, 0.25) is 5.02 Å². The number of fused-ring (bicyclic) bond motifs is 1. The number of benzene rings is 1. The van der Waals surface area contributed by atoms with Crippen LogP contribution >= 0.6 is 11.6 Å². The third kappa shape index (κ3) is 3.27. The second-order valence-electron chi connectivity index (χ2n) is 7.39. The lowest BCUT2D eigenvalue weighted by Gasteiger charge is -2.17. The summed E-state index contributed by atoms with van der Waals surface area (Å²) in [5, 5.41) is 5.95. The molecule has 0 saturated carbocycles. The Morgan fingerprint density at radius 2 is 2.03 bits per heavy atom. The number of nitrogens with zero attached hydrogens (tertiary/aromatic N) is 5. The smallest absolute Gasteiger partial charge is 0.259 e. The predicted molar refractivity (Wildman–Crippen MR) is 115 cm³/mol. The van der Waals surface area contributed by atoms with Crippen molar-refractivity contribution in [1.29, 1.82) is 0 Å². The molecule has 1 aromatic carbocycles. The lowest BCUT2D eigenvalue weighted by atomic mass is 10.1. The summed E-state index contributed by atoms with van der Waals surface area (Å²) in [5.41, 5.74) is 2.86. The van der Waals surface area contributed by atoms with Gasteiger partial charge in [-0.25, -0.2) is 4.98 Å². The van der Waals surface area contributed by atoms with E-state index in [1.165, 1.54) is 18.4 Å². The molecule has 0 amide bonds. The van der Waals surface area contributed by atoms with Crippen molar-refractivity contribution in [2.45, 2.75) is 32.7 Å². The van der Waals surface area contributed by atoms with Gasteiger partial charge in [0.2, 0.25) is 5.82 Å². The van der Waals surface area contributed by atoms with Crippen molar-refractivity contribution in [3.05, 3.63) is 47.7 Å². The Kier molecular flexibility index (Phi) is 4.72. The number of aromatic nitrogens is 4. The molecule has 6 nitrogen and oxygen atoms in total. The van der Waals surface area contributed by atoms with E-state index in [1.807, 2.05) is 18.2 Å². The summed E-state index contributed by atoms with van der Waals surface area (Å²) in [7, 11) is 0. The van der Waals surface area contributed by atoms with E-state index in [-0.39, 0.29) is 0 Å². The molecule has 7 heteroatoms. The van der Waals surface area contributed by atoms with Gasteiger partial charge in [-0.2, -0.15) is 4.98 Å². The van der Waals surface area contributed by atoms with Crippen molar-refractivity contribution >= 4 is 28.3 Å². The predicted octanol–water partition coefficient (Wildman–Crippen LogP) is 5.42. The number of anilines is 1. The molecule has 148 valence electrons. The number of pyridine rings is 1. The van der Waals surface area contributed by atoms with Gasteiger partial charge in [0.05, 0.1) is 10.6 Å². The number of hydrogen-bond acceptors (Lipinski definition) is 5. The first-order valence-electron chi connectivity index (χ1n) is 10.1. The fourth-order valence-corrected chi connectivity index (χ4v) is 4.30. The molecule has 0 radical (unpaired) electrons. The summed E-state index contributed by atoms with van der Waals surface area (Å²) < 4.78 is 7.80. The molecule has 0 atom stereocenters. The van der Waals surface area contributed by atoms with Crippen LogP contribution in [-0.2, 0) is 6.54 Å². The van der Waals surface area contributed by atoms with E-state index >= 15 is 0 Å². The zero-order valence-corrected chi connectivity index (χ0v) is 17.1.